The summed E-state index contributed by atoms with van der Waals surface area (Å²) in [4.78, 5) is 28.0. The number of halogens is 2. The van der Waals surface area contributed by atoms with Crippen molar-refractivity contribution in [3.63, 3.8) is 0 Å². The maximum atomic E-state index is 13.4. The van der Waals surface area contributed by atoms with Crippen molar-refractivity contribution in [2.45, 2.75) is 65.6 Å². The monoisotopic (exact) mass is 448 g/mol. The van der Waals surface area contributed by atoms with E-state index in [0.29, 0.717) is 28.6 Å². The summed E-state index contributed by atoms with van der Waals surface area (Å²) in [5.41, 5.74) is 2.79. The van der Waals surface area contributed by atoms with E-state index < -0.39 is 6.04 Å². The van der Waals surface area contributed by atoms with Gasteiger partial charge in [0.1, 0.15) is 6.04 Å². The molecule has 0 aromatic heterocycles. The summed E-state index contributed by atoms with van der Waals surface area (Å²) in [6.07, 6.45) is 1.46. The van der Waals surface area contributed by atoms with E-state index in [0.717, 1.165) is 17.5 Å². The quantitative estimate of drug-likeness (QED) is 0.545. The molecule has 162 valence electrons. The lowest BCUT2D eigenvalue weighted by atomic mass is 10.1. The highest BCUT2D eigenvalue weighted by molar-refractivity contribution is 6.35. The van der Waals surface area contributed by atoms with Crippen LogP contribution in [0.2, 0.25) is 10.0 Å². The molecule has 6 heteroatoms. The second kappa shape index (κ2) is 11.4. The van der Waals surface area contributed by atoms with Crippen molar-refractivity contribution in [1.29, 1.82) is 0 Å². The lowest BCUT2D eigenvalue weighted by molar-refractivity contribution is -0.141. The Morgan fingerprint density at radius 2 is 1.80 bits per heavy atom. The van der Waals surface area contributed by atoms with Gasteiger partial charge in [-0.05, 0) is 49.9 Å². The number of nitrogens with one attached hydrogen (secondary N) is 1. The summed E-state index contributed by atoms with van der Waals surface area (Å²) in [5, 5.41) is 3.99. The zero-order valence-electron chi connectivity index (χ0n) is 18.0. The summed E-state index contributed by atoms with van der Waals surface area (Å²) < 4.78 is 0. The summed E-state index contributed by atoms with van der Waals surface area (Å²) in [7, 11) is 0. The predicted octanol–water partition coefficient (Wildman–Crippen LogP) is 5.57. The summed E-state index contributed by atoms with van der Waals surface area (Å²) >= 11 is 12.3. The Morgan fingerprint density at radius 3 is 2.40 bits per heavy atom. The zero-order valence-corrected chi connectivity index (χ0v) is 19.6. The van der Waals surface area contributed by atoms with Crippen molar-refractivity contribution < 1.29 is 9.59 Å². The average Bonchev–Trinajstić information content (AvgIpc) is 2.69. The van der Waals surface area contributed by atoms with Crippen LogP contribution in [-0.2, 0) is 22.6 Å². The number of carbonyl (C=O) groups excluding carboxylic acids is 2. The van der Waals surface area contributed by atoms with Gasteiger partial charge in [0, 0.05) is 22.6 Å². The van der Waals surface area contributed by atoms with Crippen LogP contribution >= 0.6 is 23.2 Å². The van der Waals surface area contributed by atoms with Gasteiger partial charge >= 0.3 is 0 Å². The van der Waals surface area contributed by atoms with Gasteiger partial charge in [-0.15, -0.1) is 0 Å². The lowest BCUT2D eigenvalue weighted by Gasteiger charge is -2.31. The SMILES string of the molecule is CC[C@H](C)NC(=O)[C@H](CC)N(Cc1cccc(C)c1)C(=O)Cc1ccc(Cl)cc1Cl. The molecule has 0 fully saturated rings. The number of aryl methyl sites for hydroxylation is 1. The van der Waals surface area contributed by atoms with Gasteiger partial charge < -0.3 is 10.2 Å². The standard InChI is InChI=1S/C24H30Cl2N2O2/c1-5-17(4)27-24(30)22(6-2)28(15-18-9-7-8-16(3)12-18)23(29)13-19-10-11-20(25)14-21(19)26/h7-12,14,17,22H,5-6,13,15H2,1-4H3,(H,27,30)/t17-,22-/m0/s1. The molecule has 2 aromatic carbocycles. The van der Waals surface area contributed by atoms with Crippen LogP contribution in [0.5, 0.6) is 0 Å². The second-order valence-electron chi connectivity index (χ2n) is 7.67. The maximum absolute atomic E-state index is 13.4. The molecule has 2 rings (SSSR count). The highest BCUT2D eigenvalue weighted by Gasteiger charge is 2.29. The maximum Gasteiger partial charge on any atom is 0.243 e. The van der Waals surface area contributed by atoms with Gasteiger partial charge in [0.05, 0.1) is 6.42 Å². The zero-order chi connectivity index (χ0) is 22.3. The molecule has 0 bridgehead atoms. The molecule has 0 heterocycles. The first-order valence-corrected chi connectivity index (χ1v) is 11.1. The molecule has 2 aromatic rings. The molecule has 0 aliphatic heterocycles. The van der Waals surface area contributed by atoms with Gasteiger partial charge in [0.25, 0.3) is 0 Å². The number of hydrogen-bond donors (Lipinski definition) is 1. The minimum atomic E-state index is -0.557. The summed E-state index contributed by atoms with van der Waals surface area (Å²) in [5.74, 6) is -0.276. The van der Waals surface area contributed by atoms with Crippen molar-refractivity contribution >= 4 is 35.0 Å². The lowest BCUT2D eigenvalue weighted by Crippen LogP contribution is -2.51. The molecule has 30 heavy (non-hydrogen) atoms. The van der Waals surface area contributed by atoms with E-state index in [1.165, 1.54) is 0 Å². The first-order chi connectivity index (χ1) is 14.2. The molecule has 1 N–H and O–H groups in total. The highest BCUT2D eigenvalue weighted by atomic mass is 35.5. The molecule has 2 atom stereocenters. The third-order valence-corrected chi connectivity index (χ3v) is 5.77. The molecule has 0 aliphatic rings. The Morgan fingerprint density at radius 1 is 1.07 bits per heavy atom. The minimum absolute atomic E-state index is 0.0492. The molecule has 4 nitrogen and oxygen atoms in total. The van der Waals surface area contributed by atoms with Crippen molar-refractivity contribution in [3.8, 4) is 0 Å². The fourth-order valence-corrected chi connectivity index (χ4v) is 3.77. The van der Waals surface area contributed by atoms with Gasteiger partial charge in [-0.2, -0.15) is 0 Å². The van der Waals surface area contributed by atoms with Crippen LogP contribution < -0.4 is 5.32 Å². The van der Waals surface area contributed by atoms with Crippen LogP contribution in [0.3, 0.4) is 0 Å². The fraction of sp³-hybridized carbons (Fsp3) is 0.417. The number of rotatable bonds is 9. The molecular formula is C24H30Cl2N2O2. The van der Waals surface area contributed by atoms with Crippen molar-refractivity contribution in [3.05, 3.63) is 69.2 Å². The number of nitrogens with zero attached hydrogens (tertiary/aromatic N) is 1. The number of hydrogen-bond acceptors (Lipinski definition) is 2. The van der Waals surface area contributed by atoms with Crippen LogP contribution in [0.1, 0.15) is 50.3 Å². The van der Waals surface area contributed by atoms with E-state index >= 15 is 0 Å². The third kappa shape index (κ3) is 6.75. The largest absolute Gasteiger partial charge is 0.352 e. The van der Waals surface area contributed by atoms with Gasteiger partial charge in [0.15, 0.2) is 0 Å². The smallest absolute Gasteiger partial charge is 0.243 e. The number of amides is 2. The molecule has 0 saturated heterocycles. The average molecular weight is 449 g/mol. The Kier molecular flexibility index (Phi) is 9.19. The van der Waals surface area contributed by atoms with Crippen molar-refractivity contribution in [2.24, 2.45) is 0 Å². The van der Waals surface area contributed by atoms with Gasteiger partial charge in [0.2, 0.25) is 11.8 Å². The van der Waals surface area contributed by atoms with Crippen molar-refractivity contribution in [2.75, 3.05) is 0 Å². The van der Waals surface area contributed by atoms with Crippen molar-refractivity contribution in [1.82, 2.24) is 10.2 Å². The van der Waals surface area contributed by atoms with E-state index in [2.05, 4.69) is 5.32 Å². The molecule has 0 spiro atoms. The molecule has 0 saturated carbocycles. The molecule has 2 amide bonds. The first-order valence-electron chi connectivity index (χ1n) is 10.3. The van der Waals surface area contributed by atoms with Gasteiger partial charge in [-0.1, -0.05) is 72.9 Å². The van der Waals surface area contributed by atoms with E-state index in [4.69, 9.17) is 23.2 Å². The van der Waals surface area contributed by atoms with Crippen LogP contribution in [0.15, 0.2) is 42.5 Å². The van der Waals surface area contributed by atoms with Gasteiger partial charge in [-0.25, -0.2) is 0 Å². The molecule has 0 aliphatic carbocycles. The van der Waals surface area contributed by atoms with Crippen LogP contribution in [0, 0.1) is 6.92 Å². The predicted molar refractivity (Wildman–Crippen MR) is 124 cm³/mol. The number of carbonyl (C=O) groups is 2. The molecular weight excluding hydrogens is 419 g/mol. The van der Waals surface area contributed by atoms with Crippen LogP contribution in [0.25, 0.3) is 0 Å². The summed E-state index contributed by atoms with van der Waals surface area (Å²) in [6, 6.07) is 12.6. The van der Waals surface area contributed by atoms with Crippen LogP contribution in [0.4, 0.5) is 0 Å². The third-order valence-electron chi connectivity index (χ3n) is 5.18. The van der Waals surface area contributed by atoms with E-state index in [1.807, 2.05) is 52.0 Å². The second-order valence-corrected chi connectivity index (χ2v) is 8.51. The number of benzene rings is 2. The molecule has 0 unspecified atom stereocenters. The normalized spacial score (nSPS) is 12.9. The topological polar surface area (TPSA) is 49.4 Å². The Balaban J connectivity index is 2.32. The van der Waals surface area contributed by atoms with E-state index in [-0.39, 0.29) is 24.3 Å². The van der Waals surface area contributed by atoms with E-state index in [1.54, 1.807) is 23.1 Å². The van der Waals surface area contributed by atoms with Crippen LogP contribution in [-0.4, -0.2) is 28.8 Å². The minimum Gasteiger partial charge on any atom is -0.352 e. The Labute approximate surface area is 189 Å². The fourth-order valence-electron chi connectivity index (χ4n) is 3.30. The summed E-state index contributed by atoms with van der Waals surface area (Å²) in [6.45, 7) is 8.27. The van der Waals surface area contributed by atoms with E-state index in [9.17, 15) is 9.59 Å². The van der Waals surface area contributed by atoms with Gasteiger partial charge in [-0.3, -0.25) is 9.59 Å². The Hall–Kier alpha value is -2.04. The highest BCUT2D eigenvalue weighted by Crippen LogP contribution is 2.23. The molecule has 0 radical (unpaired) electrons. The Bertz CT molecular complexity index is 885. The first kappa shape index (κ1) is 24.2.